The van der Waals surface area contributed by atoms with E-state index in [-0.39, 0.29) is 6.29 Å². The summed E-state index contributed by atoms with van der Waals surface area (Å²) in [5, 5.41) is 1.03. The molecule has 0 fully saturated rings. The first-order valence-corrected chi connectivity index (χ1v) is 9.07. The van der Waals surface area contributed by atoms with Crippen molar-refractivity contribution in [3.63, 3.8) is 0 Å². The molecule has 0 N–H and O–H groups in total. The Morgan fingerprint density at radius 3 is 2.61 bits per heavy atom. The van der Waals surface area contributed by atoms with Gasteiger partial charge in [0.25, 0.3) is 0 Å². The Bertz CT molecular complexity index is 800. The van der Waals surface area contributed by atoms with Gasteiger partial charge in [-0.3, -0.25) is 0 Å². The Morgan fingerprint density at radius 2 is 1.87 bits per heavy atom. The number of fused-ring (bicyclic) bond motifs is 1. The molecular formula is C17H17BrN2O2S. The summed E-state index contributed by atoms with van der Waals surface area (Å²) in [7, 11) is 0. The van der Waals surface area contributed by atoms with Crippen molar-refractivity contribution in [1.29, 1.82) is 0 Å². The van der Waals surface area contributed by atoms with Crippen molar-refractivity contribution in [3.05, 3.63) is 46.0 Å². The van der Waals surface area contributed by atoms with Crippen molar-refractivity contribution in [3.8, 4) is 10.6 Å². The van der Waals surface area contributed by atoms with Crippen molar-refractivity contribution in [2.75, 3.05) is 13.2 Å². The zero-order chi connectivity index (χ0) is 16.2. The van der Waals surface area contributed by atoms with Crippen molar-refractivity contribution < 1.29 is 9.47 Å². The number of benzene rings is 1. The van der Waals surface area contributed by atoms with Crippen LogP contribution in [0.5, 0.6) is 0 Å². The molecule has 3 rings (SSSR count). The first kappa shape index (κ1) is 16.5. The highest BCUT2D eigenvalue weighted by atomic mass is 79.9. The van der Waals surface area contributed by atoms with Crippen LogP contribution in [0.4, 0.5) is 0 Å². The molecular weight excluding hydrogens is 376 g/mol. The molecule has 0 aliphatic carbocycles. The molecule has 0 atom stereocenters. The van der Waals surface area contributed by atoms with Gasteiger partial charge in [0.15, 0.2) is 6.29 Å². The number of hydrogen-bond acceptors (Lipinski definition) is 5. The molecule has 0 unspecified atom stereocenters. The number of nitrogens with zero attached hydrogens (tertiary/aromatic N) is 2. The zero-order valence-electron chi connectivity index (χ0n) is 13.0. The fraction of sp³-hybridized carbons (Fsp3) is 0.294. The molecule has 23 heavy (non-hydrogen) atoms. The summed E-state index contributed by atoms with van der Waals surface area (Å²) < 4.78 is 12.4. The molecule has 0 saturated carbocycles. The van der Waals surface area contributed by atoms with Crippen LogP contribution in [-0.2, 0) is 9.47 Å². The van der Waals surface area contributed by atoms with Gasteiger partial charge in [-0.25, -0.2) is 9.97 Å². The lowest BCUT2D eigenvalue weighted by molar-refractivity contribution is -0.138. The van der Waals surface area contributed by atoms with Gasteiger partial charge in [-0.2, -0.15) is 0 Å². The second kappa shape index (κ2) is 7.49. The third-order valence-corrected chi connectivity index (χ3v) is 4.93. The first-order valence-electron chi connectivity index (χ1n) is 7.46. The lowest BCUT2D eigenvalue weighted by atomic mass is 10.1. The van der Waals surface area contributed by atoms with E-state index in [1.54, 1.807) is 17.7 Å². The molecule has 6 heteroatoms. The molecule has 0 aliphatic rings. The monoisotopic (exact) mass is 392 g/mol. The van der Waals surface area contributed by atoms with Gasteiger partial charge in [-0.15, -0.1) is 11.3 Å². The van der Waals surface area contributed by atoms with Crippen LogP contribution in [-0.4, -0.2) is 23.2 Å². The minimum Gasteiger partial charge on any atom is -0.348 e. The van der Waals surface area contributed by atoms with Gasteiger partial charge < -0.3 is 9.47 Å². The van der Waals surface area contributed by atoms with Gasteiger partial charge in [0.05, 0.1) is 21.0 Å². The Hall–Kier alpha value is -1.34. The maximum atomic E-state index is 5.67. The minimum atomic E-state index is -0.316. The number of ether oxygens (including phenoxy) is 2. The van der Waals surface area contributed by atoms with E-state index in [2.05, 4.69) is 32.0 Å². The Kier molecular flexibility index (Phi) is 5.38. The Morgan fingerprint density at radius 1 is 1.09 bits per heavy atom. The number of thiophene rings is 1. The summed E-state index contributed by atoms with van der Waals surface area (Å²) in [4.78, 5) is 10.9. The molecule has 0 saturated heterocycles. The predicted molar refractivity (Wildman–Crippen MR) is 96.5 cm³/mol. The molecule has 0 spiro atoms. The van der Waals surface area contributed by atoms with Gasteiger partial charge in [0.2, 0.25) is 0 Å². The van der Waals surface area contributed by atoms with E-state index in [0.29, 0.717) is 13.2 Å². The minimum absolute atomic E-state index is 0.316. The SMILES string of the molecule is CCOC(OCC)c1ccc(-c2ncnc3ccc(Br)cc23)s1. The van der Waals surface area contributed by atoms with Crippen LogP contribution in [0.3, 0.4) is 0 Å². The third-order valence-electron chi connectivity index (χ3n) is 3.33. The summed E-state index contributed by atoms with van der Waals surface area (Å²) in [5.74, 6) is 0. The molecule has 0 radical (unpaired) electrons. The third kappa shape index (κ3) is 3.61. The van der Waals surface area contributed by atoms with Crippen LogP contribution in [0, 0.1) is 0 Å². The van der Waals surface area contributed by atoms with E-state index in [1.807, 2.05) is 38.1 Å². The molecule has 2 aromatic heterocycles. The van der Waals surface area contributed by atoms with Gasteiger partial charge in [0, 0.05) is 23.1 Å². The Labute approximate surface area is 147 Å². The van der Waals surface area contributed by atoms with Gasteiger partial charge in [0.1, 0.15) is 6.33 Å². The van der Waals surface area contributed by atoms with Crippen LogP contribution < -0.4 is 0 Å². The molecule has 0 aliphatic heterocycles. The summed E-state index contributed by atoms with van der Waals surface area (Å²) in [6, 6.07) is 10.1. The maximum absolute atomic E-state index is 5.67. The number of rotatable bonds is 6. The van der Waals surface area contributed by atoms with Crippen LogP contribution in [0.25, 0.3) is 21.5 Å². The summed E-state index contributed by atoms with van der Waals surface area (Å²) in [6.07, 6.45) is 1.29. The molecule has 1 aromatic carbocycles. The molecule has 2 heterocycles. The van der Waals surface area contributed by atoms with E-state index >= 15 is 0 Å². The largest absolute Gasteiger partial charge is 0.348 e. The van der Waals surface area contributed by atoms with Crippen LogP contribution in [0.1, 0.15) is 25.0 Å². The van der Waals surface area contributed by atoms with E-state index in [9.17, 15) is 0 Å². The topological polar surface area (TPSA) is 44.2 Å². The number of hydrogen-bond donors (Lipinski definition) is 0. The molecule has 120 valence electrons. The smallest absolute Gasteiger partial charge is 0.193 e. The highest BCUT2D eigenvalue weighted by molar-refractivity contribution is 9.10. The summed E-state index contributed by atoms with van der Waals surface area (Å²) >= 11 is 5.16. The van der Waals surface area contributed by atoms with E-state index in [1.165, 1.54) is 0 Å². The van der Waals surface area contributed by atoms with Crippen molar-refractivity contribution in [2.45, 2.75) is 20.1 Å². The number of aromatic nitrogens is 2. The van der Waals surface area contributed by atoms with E-state index in [0.717, 1.165) is 30.8 Å². The molecule has 0 amide bonds. The average molecular weight is 393 g/mol. The summed E-state index contributed by atoms with van der Waals surface area (Å²) in [6.45, 7) is 5.16. The molecule has 4 nitrogen and oxygen atoms in total. The van der Waals surface area contributed by atoms with Crippen molar-refractivity contribution >= 4 is 38.2 Å². The van der Waals surface area contributed by atoms with Crippen LogP contribution in [0.15, 0.2) is 41.1 Å². The van der Waals surface area contributed by atoms with E-state index < -0.39 is 0 Å². The lowest BCUT2D eigenvalue weighted by Crippen LogP contribution is -2.06. The van der Waals surface area contributed by atoms with Crippen LogP contribution >= 0.6 is 27.3 Å². The fourth-order valence-electron chi connectivity index (χ4n) is 2.35. The Balaban J connectivity index is 2.01. The van der Waals surface area contributed by atoms with Crippen molar-refractivity contribution in [1.82, 2.24) is 9.97 Å². The zero-order valence-corrected chi connectivity index (χ0v) is 15.4. The molecule has 0 bridgehead atoms. The quantitative estimate of drug-likeness (QED) is 0.541. The normalized spacial score (nSPS) is 11.5. The highest BCUT2D eigenvalue weighted by Crippen LogP contribution is 2.35. The van der Waals surface area contributed by atoms with Gasteiger partial charge >= 0.3 is 0 Å². The fourth-order valence-corrected chi connectivity index (χ4v) is 3.73. The number of halogens is 1. The maximum Gasteiger partial charge on any atom is 0.193 e. The van der Waals surface area contributed by atoms with Crippen LogP contribution in [0.2, 0.25) is 0 Å². The summed E-state index contributed by atoms with van der Waals surface area (Å²) in [5.41, 5.74) is 1.86. The predicted octanol–water partition coefficient (Wildman–Crippen LogP) is 5.19. The van der Waals surface area contributed by atoms with Crippen molar-refractivity contribution in [2.24, 2.45) is 0 Å². The second-order valence-corrected chi connectivity index (χ2v) is 6.86. The second-order valence-electron chi connectivity index (χ2n) is 4.83. The van der Waals surface area contributed by atoms with Gasteiger partial charge in [-0.1, -0.05) is 15.9 Å². The highest BCUT2D eigenvalue weighted by Gasteiger charge is 2.16. The van der Waals surface area contributed by atoms with E-state index in [4.69, 9.17) is 9.47 Å². The standard InChI is InChI=1S/C17H17BrN2O2S/c1-3-21-17(22-4-2)15-8-7-14(23-15)16-12-9-11(18)5-6-13(12)19-10-20-16/h5-10,17H,3-4H2,1-2H3. The lowest BCUT2D eigenvalue weighted by Gasteiger charge is -2.14. The first-order chi connectivity index (χ1) is 11.2. The van der Waals surface area contributed by atoms with Gasteiger partial charge in [-0.05, 0) is 44.2 Å². The molecule has 3 aromatic rings. The average Bonchev–Trinajstić information content (AvgIpc) is 3.03.